The van der Waals surface area contributed by atoms with Crippen molar-refractivity contribution in [2.24, 2.45) is 0 Å². The van der Waals surface area contributed by atoms with Gasteiger partial charge in [0.15, 0.2) is 0 Å². The molecule has 0 bridgehead atoms. The Kier molecular flexibility index (Phi) is 7.77. The maximum atomic E-state index is 12.0. The summed E-state index contributed by atoms with van der Waals surface area (Å²) in [4.78, 5) is 27.9. The topological polar surface area (TPSA) is 49.9 Å². The molecule has 5 heteroatoms. The van der Waals surface area contributed by atoms with Crippen LogP contribution < -0.4 is 0 Å². The number of rotatable bonds is 7. The molecule has 20 heavy (non-hydrogen) atoms. The quantitative estimate of drug-likeness (QED) is 0.660. The molecule has 1 rings (SSSR count). The number of esters is 1. The molecule has 5 nitrogen and oxygen atoms in total. The Bertz CT molecular complexity index is 320. The van der Waals surface area contributed by atoms with Crippen molar-refractivity contribution in [1.82, 2.24) is 9.80 Å². The Morgan fingerprint density at radius 2 is 1.95 bits per heavy atom. The summed E-state index contributed by atoms with van der Waals surface area (Å²) in [5, 5.41) is 0. The molecule has 1 saturated heterocycles. The largest absolute Gasteiger partial charge is 0.466 e. The van der Waals surface area contributed by atoms with Crippen molar-refractivity contribution in [2.45, 2.75) is 45.6 Å². The van der Waals surface area contributed by atoms with Crippen LogP contribution in [0, 0.1) is 0 Å². The van der Waals surface area contributed by atoms with E-state index in [9.17, 15) is 9.59 Å². The Balaban J connectivity index is 2.40. The molecule has 1 aliphatic heterocycles. The second kappa shape index (κ2) is 9.08. The maximum Gasteiger partial charge on any atom is 0.306 e. The SMILES string of the molecule is CCOC(=O)CCC(=O)CN1CCCN(C)CC1CC. The molecule has 0 aromatic heterocycles. The van der Waals surface area contributed by atoms with E-state index in [1.54, 1.807) is 6.92 Å². The first kappa shape index (κ1) is 17.1. The van der Waals surface area contributed by atoms with Crippen molar-refractivity contribution in [2.75, 3.05) is 39.8 Å². The lowest BCUT2D eigenvalue weighted by Crippen LogP contribution is -2.42. The molecule has 1 atom stereocenters. The van der Waals surface area contributed by atoms with Gasteiger partial charge in [-0.3, -0.25) is 14.5 Å². The number of Topliss-reactive ketones (excluding diaryl/α,β-unsaturated/α-hetero) is 1. The molecule has 0 saturated carbocycles. The lowest BCUT2D eigenvalue weighted by atomic mass is 10.1. The van der Waals surface area contributed by atoms with Crippen molar-refractivity contribution in [1.29, 1.82) is 0 Å². The summed E-state index contributed by atoms with van der Waals surface area (Å²) < 4.78 is 4.85. The van der Waals surface area contributed by atoms with Crippen LogP contribution in [0.3, 0.4) is 0 Å². The number of carbonyl (C=O) groups excluding carboxylic acids is 2. The molecule has 0 radical (unpaired) electrons. The molecule has 116 valence electrons. The van der Waals surface area contributed by atoms with Crippen molar-refractivity contribution in [3.63, 3.8) is 0 Å². The summed E-state index contributed by atoms with van der Waals surface area (Å²) >= 11 is 0. The van der Waals surface area contributed by atoms with Crippen LogP contribution in [0.25, 0.3) is 0 Å². The summed E-state index contributed by atoms with van der Waals surface area (Å²) in [5.41, 5.74) is 0. The molecule has 0 spiro atoms. The third-order valence-corrected chi connectivity index (χ3v) is 3.79. The minimum atomic E-state index is -0.275. The van der Waals surface area contributed by atoms with Crippen LogP contribution in [0.5, 0.6) is 0 Å². The average Bonchev–Trinajstić information content (AvgIpc) is 2.58. The smallest absolute Gasteiger partial charge is 0.306 e. The molecular weight excluding hydrogens is 256 g/mol. The Morgan fingerprint density at radius 1 is 1.20 bits per heavy atom. The van der Waals surface area contributed by atoms with E-state index >= 15 is 0 Å². The second-order valence-corrected chi connectivity index (χ2v) is 5.49. The van der Waals surface area contributed by atoms with Gasteiger partial charge in [0.25, 0.3) is 0 Å². The van der Waals surface area contributed by atoms with Gasteiger partial charge in [0, 0.05) is 25.6 Å². The third kappa shape index (κ3) is 6.01. The van der Waals surface area contributed by atoms with E-state index < -0.39 is 0 Å². The molecule has 1 unspecified atom stereocenters. The predicted molar refractivity (Wildman–Crippen MR) is 78.6 cm³/mol. The molecule has 0 amide bonds. The fourth-order valence-corrected chi connectivity index (χ4v) is 2.67. The highest BCUT2D eigenvalue weighted by atomic mass is 16.5. The molecule has 1 heterocycles. The van der Waals surface area contributed by atoms with Crippen molar-refractivity contribution < 1.29 is 14.3 Å². The van der Waals surface area contributed by atoms with E-state index in [-0.39, 0.29) is 18.2 Å². The normalized spacial score (nSPS) is 21.4. The van der Waals surface area contributed by atoms with Crippen LogP contribution in [0.4, 0.5) is 0 Å². The number of nitrogens with zero attached hydrogens (tertiary/aromatic N) is 2. The van der Waals surface area contributed by atoms with E-state index in [0.717, 1.165) is 32.5 Å². The molecular formula is C15H28N2O3. The van der Waals surface area contributed by atoms with Gasteiger partial charge in [-0.1, -0.05) is 6.92 Å². The summed E-state index contributed by atoms with van der Waals surface area (Å²) in [6.07, 6.45) is 2.65. The summed E-state index contributed by atoms with van der Waals surface area (Å²) in [5.74, 6) is -0.135. The standard InChI is InChI=1S/C15H28N2O3/c1-4-13-11-16(3)9-6-10-17(13)12-14(18)7-8-15(19)20-5-2/h13H,4-12H2,1-3H3. The summed E-state index contributed by atoms with van der Waals surface area (Å²) in [6, 6.07) is 0.439. The highest BCUT2D eigenvalue weighted by Crippen LogP contribution is 2.12. The fraction of sp³-hybridized carbons (Fsp3) is 0.867. The lowest BCUT2D eigenvalue weighted by molar-refractivity contribution is -0.144. The van der Waals surface area contributed by atoms with Gasteiger partial charge in [-0.15, -0.1) is 0 Å². The Hall–Kier alpha value is -0.940. The number of hydrogen-bond acceptors (Lipinski definition) is 5. The van der Waals surface area contributed by atoms with Crippen molar-refractivity contribution in [3.8, 4) is 0 Å². The first-order valence-corrected chi connectivity index (χ1v) is 7.66. The van der Waals surface area contributed by atoms with Gasteiger partial charge < -0.3 is 9.64 Å². The van der Waals surface area contributed by atoms with E-state index in [4.69, 9.17) is 4.74 Å². The van der Waals surface area contributed by atoms with Crippen LogP contribution in [-0.4, -0.2) is 67.4 Å². The first-order chi connectivity index (χ1) is 9.56. The molecule has 0 N–H and O–H groups in total. The molecule has 0 aromatic rings. The minimum Gasteiger partial charge on any atom is -0.466 e. The zero-order valence-corrected chi connectivity index (χ0v) is 13.1. The number of carbonyl (C=O) groups is 2. The lowest BCUT2D eigenvalue weighted by Gasteiger charge is -2.29. The summed E-state index contributed by atoms with van der Waals surface area (Å²) in [6.45, 7) is 7.86. The zero-order valence-electron chi connectivity index (χ0n) is 13.1. The van der Waals surface area contributed by atoms with Crippen molar-refractivity contribution >= 4 is 11.8 Å². The highest BCUT2D eigenvalue weighted by molar-refractivity contribution is 5.84. The molecule has 0 aliphatic carbocycles. The van der Waals surface area contributed by atoms with E-state index in [2.05, 4.69) is 23.8 Å². The van der Waals surface area contributed by atoms with E-state index in [0.29, 0.717) is 25.6 Å². The van der Waals surface area contributed by atoms with E-state index in [1.165, 1.54) is 0 Å². The number of ether oxygens (including phenoxy) is 1. The average molecular weight is 284 g/mol. The minimum absolute atomic E-state index is 0.140. The van der Waals surface area contributed by atoms with Gasteiger partial charge in [-0.2, -0.15) is 0 Å². The number of ketones is 1. The molecule has 0 aromatic carbocycles. The zero-order chi connectivity index (χ0) is 15.0. The van der Waals surface area contributed by atoms with Gasteiger partial charge in [-0.25, -0.2) is 0 Å². The molecule has 1 aliphatic rings. The first-order valence-electron chi connectivity index (χ1n) is 7.66. The van der Waals surface area contributed by atoms with Gasteiger partial charge in [0.1, 0.15) is 5.78 Å². The van der Waals surface area contributed by atoms with Crippen LogP contribution >= 0.6 is 0 Å². The number of hydrogen-bond donors (Lipinski definition) is 0. The van der Waals surface area contributed by atoms with E-state index in [1.807, 2.05) is 0 Å². The second-order valence-electron chi connectivity index (χ2n) is 5.49. The van der Waals surface area contributed by atoms with Gasteiger partial charge in [0.05, 0.1) is 19.6 Å². The predicted octanol–water partition coefficient (Wildman–Crippen LogP) is 1.31. The third-order valence-electron chi connectivity index (χ3n) is 3.79. The van der Waals surface area contributed by atoms with Crippen LogP contribution in [0.15, 0.2) is 0 Å². The Labute approximate surface area is 122 Å². The van der Waals surface area contributed by atoms with Crippen LogP contribution in [-0.2, 0) is 14.3 Å². The number of likely N-dealkylation sites (N-methyl/N-ethyl adjacent to an activating group) is 1. The van der Waals surface area contributed by atoms with Crippen molar-refractivity contribution in [3.05, 3.63) is 0 Å². The maximum absolute atomic E-state index is 12.0. The van der Waals surface area contributed by atoms with Gasteiger partial charge in [0.2, 0.25) is 0 Å². The van der Waals surface area contributed by atoms with Gasteiger partial charge in [-0.05, 0) is 33.4 Å². The molecule has 1 fully saturated rings. The Morgan fingerprint density at radius 3 is 2.60 bits per heavy atom. The highest BCUT2D eigenvalue weighted by Gasteiger charge is 2.23. The summed E-state index contributed by atoms with van der Waals surface area (Å²) in [7, 11) is 2.13. The van der Waals surface area contributed by atoms with Crippen LogP contribution in [0.2, 0.25) is 0 Å². The van der Waals surface area contributed by atoms with Gasteiger partial charge >= 0.3 is 5.97 Å². The monoisotopic (exact) mass is 284 g/mol. The van der Waals surface area contributed by atoms with Crippen LogP contribution in [0.1, 0.15) is 39.5 Å². The fourth-order valence-electron chi connectivity index (χ4n) is 2.67.